The van der Waals surface area contributed by atoms with E-state index in [1.165, 1.54) is 6.42 Å². The minimum Gasteiger partial charge on any atom is -0.356 e. The van der Waals surface area contributed by atoms with Crippen LogP contribution in [0.5, 0.6) is 0 Å². The summed E-state index contributed by atoms with van der Waals surface area (Å²) in [7, 11) is 0. The van der Waals surface area contributed by atoms with Gasteiger partial charge >= 0.3 is 0 Å². The molecule has 0 saturated carbocycles. The molecule has 0 aliphatic carbocycles. The van der Waals surface area contributed by atoms with Gasteiger partial charge in [-0.15, -0.1) is 21.5 Å². The summed E-state index contributed by atoms with van der Waals surface area (Å²) in [6, 6.07) is 14.3. The highest BCUT2D eigenvalue weighted by molar-refractivity contribution is 7.99. The molecule has 28 heavy (non-hydrogen) atoms. The lowest BCUT2D eigenvalue weighted by atomic mass is 10.2. The summed E-state index contributed by atoms with van der Waals surface area (Å²) in [5.74, 6) is 1.83. The second-order valence-electron chi connectivity index (χ2n) is 6.46. The number of carbonyl (C=O) groups excluding carboxylic acids is 1. The number of aromatic nitrogens is 3. The molecule has 0 atom stereocenters. The Hall–Kier alpha value is -2.12. The second-order valence-corrected chi connectivity index (χ2v) is 8.47. The van der Waals surface area contributed by atoms with E-state index in [2.05, 4.69) is 45.2 Å². The highest BCUT2D eigenvalue weighted by Gasteiger charge is 2.16. The van der Waals surface area contributed by atoms with Crippen LogP contribution < -0.4 is 5.32 Å². The van der Waals surface area contributed by atoms with E-state index >= 15 is 0 Å². The average Bonchev–Trinajstić information content (AvgIpc) is 3.39. The summed E-state index contributed by atoms with van der Waals surface area (Å²) >= 11 is 3.30. The number of nitrogens with one attached hydrogen (secondary N) is 1. The lowest BCUT2D eigenvalue weighted by Crippen LogP contribution is -2.24. The molecule has 148 valence electrons. The third kappa shape index (κ3) is 5.69. The van der Waals surface area contributed by atoms with Crippen molar-refractivity contribution in [3.05, 3.63) is 47.8 Å². The molecule has 0 bridgehead atoms. The molecule has 0 aliphatic heterocycles. The summed E-state index contributed by atoms with van der Waals surface area (Å²) in [6.07, 6.45) is 4.76. The van der Waals surface area contributed by atoms with Crippen LogP contribution in [-0.4, -0.2) is 33.0 Å². The van der Waals surface area contributed by atoms with Crippen LogP contribution >= 0.6 is 23.1 Å². The van der Waals surface area contributed by atoms with Gasteiger partial charge < -0.3 is 5.32 Å². The summed E-state index contributed by atoms with van der Waals surface area (Å²) in [5, 5.41) is 14.7. The van der Waals surface area contributed by atoms with Crippen molar-refractivity contribution < 1.29 is 4.79 Å². The van der Waals surface area contributed by atoms with Gasteiger partial charge in [0.2, 0.25) is 5.91 Å². The molecule has 3 aromatic rings. The summed E-state index contributed by atoms with van der Waals surface area (Å²) in [4.78, 5) is 13.0. The van der Waals surface area contributed by atoms with Crippen LogP contribution in [-0.2, 0) is 4.79 Å². The zero-order valence-corrected chi connectivity index (χ0v) is 17.8. The molecule has 1 N–H and O–H groups in total. The van der Waals surface area contributed by atoms with Gasteiger partial charge in [0.25, 0.3) is 0 Å². The third-order valence-electron chi connectivity index (χ3n) is 4.27. The van der Waals surface area contributed by atoms with E-state index in [1.807, 2.05) is 29.6 Å². The molecule has 0 radical (unpaired) electrons. The Morgan fingerprint density at radius 3 is 2.71 bits per heavy atom. The minimum absolute atomic E-state index is 0.139. The Morgan fingerprint density at radius 2 is 1.96 bits per heavy atom. The quantitative estimate of drug-likeness (QED) is 0.347. The first kappa shape index (κ1) is 20.6. The van der Waals surface area contributed by atoms with Crippen molar-refractivity contribution in [1.29, 1.82) is 0 Å². The van der Waals surface area contributed by atoms with Gasteiger partial charge in [0, 0.05) is 24.4 Å². The number of hydrogen-bond acceptors (Lipinski definition) is 5. The van der Waals surface area contributed by atoms with Gasteiger partial charge in [0.05, 0.1) is 4.88 Å². The molecule has 2 heterocycles. The van der Waals surface area contributed by atoms with Crippen molar-refractivity contribution in [3.8, 4) is 16.4 Å². The lowest BCUT2D eigenvalue weighted by Gasteiger charge is -2.09. The smallest absolute Gasteiger partial charge is 0.220 e. The van der Waals surface area contributed by atoms with Crippen LogP contribution in [0.15, 0.2) is 53.0 Å². The van der Waals surface area contributed by atoms with Gasteiger partial charge in [0.15, 0.2) is 11.0 Å². The van der Waals surface area contributed by atoms with Gasteiger partial charge in [-0.1, -0.05) is 55.8 Å². The van der Waals surface area contributed by atoms with Gasteiger partial charge in [0.1, 0.15) is 0 Å². The van der Waals surface area contributed by atoms with Crippen molar-refractivity contribution in [1.82, 2.24) is 20.1 Å². The molecule has 1 amide bonds. The molecule has 1 aromatic carbocycles. The maximum atomic E-state index is 11.9. The van der Waals surface area contributed by atoms with Gasteiger partial charge in [-0.3, -0.25) is 9.36 Å². The second kappa shape index (κ2) is 11.0. The summed E-state index contributed by atoms with van der Waals surface area (Å²) in [5.41, 5.74) is 1.05. The van der Waals surface area contributed by atoms with Crippen molar-refractivity contribution in [3.63, 3.8) is 0 Å². The third-order valence-corrected chi connectivity index (χ3v) is 6.15. The monoisotopic (exact) mass is 414 g/mol. The number of unbranched alkanes of at least 4 members (excludes halogenated alkanes) is 2. The van der Waals surface area contributed by atoms with E-state index in [1.54, 1.807) is 23.1 Å². The Bertz CT molecular complexity index is 847. The largest absolute Gasteiger partial charge is 0.356 e. The summed E-state index contributed by atoms with van der Waals surface area (Å²) < 4.78 is 2.10. The molecule has 0 spiro atoms. The van der Waals surface area contributed by atoms with E-state index in [4.69, 9.17) is 0 Å². The lowest BCUT2D eigenvalue weighted by molar-refractivity contribution is -0.121. The van der Waals surface area contributed by atoms with Crippen molar-refractivity contribution in [2.45, 2.75) is 44.2 Å². The normalized spacial score (nSPS) is 10.9. The first-order valence-electron chi connectivity index (χ1n) is 9.74. The number of hydrogen-bond donors (Lipinski definition) is 1. The highest BCUT2D eigenvalue weighted by Crippen LogP contribution is 2.30. The van der Waals surface area contributed by atoms with Gasteiger partial charge in [-0.05, 0) is 36.4 Å². The molecule has 7 heteroatoms. The number of amides is 1. The van der Waals surface area contributed by atoms with E-state index in [0.29, 0.717) is 6.42 Å². The highest BCUT2D eigenvalue weighted by atomic mass is 32.2. The Kier molecular flexibility index (Phi) is 8.11. The maximum Gasteiger partial charge on any atom is 0.220 e. The number of carbonyl (C=O) groups is 1. The van der Waals surface area contributed by atoms with Crippen LogP contribution in [0.25, 0.3) is 16.4 Å². The zero-order chi connectivity index (χ0) is 19.6. The Labute approximate surface area is 174 Å². The first-order valence-corrected chi connectivity index (χ1v) is 11.6. The molecular weight excluding hydrogens is 388 g/mol. The Balaban J connectivity index is 1.59. The van der Waals surface area contributed by atoms with Gasteiger partial charge in [-0.25, -0.2) is 0 Å². The van der Waals surface area contributed by atoms with E-state index in [0.717, 1.165) is 53.1 Å². The van der Waals surface area contributed by atoms with Crippen LogP contribution in [0.4, 0.5) is 0 Å². The number of benzene rings is 1. The number of nitrogens with zero attached hydrogens (tertiary/aromatic N) is 3. The fourth-order valence-electron chi connectivity index (χ4n) is 2.83. The number of para-hydroxylation sites is 1. The average molecular weight is 415 g/mol. The topological polar surface area (TPSA) is 59.8 Å². The fourth-order valence-corrected chi connectivity index (χ4v) is 4.42. The molecule has 3 rings (SSSR count). The zero-order valence-electron chi connectivity index (χ0n) is 16.1. The molecule has 0 aliphatic rings. The predicted molar refractivity (Wildman–Crippen MR) is 117 cm³/mol. The van der Waals surface area contributed by atoms with Crippen LogP contribution in [0.1, 0.15) is 39.0 Å². The molecule has 0 saturated heterocycles. The fraction of sp³-hybridized carbons (Fsp3) is 0.381. The first-order chi connectivity index (χ1) is 13.8. The standard InChI is InChI=1S/C21H26N4OS2/c1-2-3-7-14-22-19(26)13-9-16-28-21-24-23-20(18-12-8-15-27-18)25(21)17-10-5-4-6-11-17/h4-6,8,10-12,15H,2-3,7,9,13-14,16H2,1H3,(H,22,26). The van der Waals surface area contributed by atoms with Crippen molar-refractivity contribution in [2.24, 2.45) is 0 Å². The Morgan fingerprint density at radius 1 is 1.11 bits per heavy atom. The number of thioether (sulfide) groups is 1. The minimum atomic E-state index is 0.139. The molecule has 2 aromatic heterocycles. The number of rotatable bonds is 11. The molecule has 5 nitrogen and oxygen atoms in total. The number of thiophene rings is 1. The predicted octanol–water partition coefficient (Wildman–Crippen LogP) is 5.17. The summed E-state index contributed by atoms with van der Waals surface area (Å²) in [6.45, 7) is 2.95. The van der Waals surface area contributed by atoms with Crippen LogP contribution in [0.3, 0.4) is 0 Å². The van der Waals surface area contributed by atoms with E-state index in [9.17, 15) is 4.79 Å². The molecular formula is C21H26N4OS2. The molecule has 0 fully saturated rings. The van der Waals surface area contributed by atoms with E-state index < -0.39 is 0 Å². The van der Waals surface area contributed by atoms with Crippen molar-refractivity contribution in [2.75, 3.05) is 12.3 Å². The molecule has 0 unspecified atom stereocenters. The van der Waals surface area contributed by atoms with Crippen LogP contribution in [0, 0.1) is 0 Å². The van der Waals surface area contributed by atoms with Crippen LogP contribution in [0.2, 0.25) is 0 Å². The van der Waals surface area contributed by atoms with E-state index in [-0.39, 0.29) is 5.91 Å². The van der Waals surface area contributed by atoms with Gasteiger partial charge in [-0.2, -0.15) is 0 Å². The SMILES string of the molecule is CCCCCNC(=O)CCCSc1nnc(-c2cccs2)n1-c1ccccc1. The maximum absolute atomic E-state index is 11.9. The van der Waals surface area contributed by atoms with Crippen molar-refractivity contribution >= 4 is 29.0 Å².